The fourth-order valence-corrected chi connectivity index (χ4v) is 2.97. The standard InChI is InChI=1S/C11H15N5O4S/c1-6(4-12)15-21(19,20)7-3-8-9(13-5-7)16(2)11(18)14-10(8)17/h3,5-6,15H,4,12H2,1-2H3,(H,14,17,18)/t6-/m0/s1. The van der Waals surface area contributed by atoms with Gasteiger partial charge in [-0.05, 0) is 13.0 Å². The monoisotopic (exact) mass is 313 g/mol. The smallest absolute Gasteiger partial charge is 0.329 e. The second-order valence-electron chi connectivity index (χ2n) is 4.62. The first kappa shape index (κ1) is 15.4. The van der Waals surface area contributed by atoms with Gasteiger partial charge in [0.05, 0.1) is 5.39 Å². The summed E-state index contributed by atoms with van der Waals surface area (Å²) >= 11 is 0. The number of aromatic nitrogens is 3. The number of pyridine rings is 1. The van der Waals surface area contributed by atoms with Crippen LogP contribution in [0.5, 0.6) is 0 Å². The minimum Gasteiger partial charge on any atom is -0.329 e. The van der Waals surface area contributed by atoms with Crippen molar-refractivity contribution in [3.05, 3.63) is 33.1 Å². The molecule has 1 atom stereocenters. The minimum atomic E-state index is -3.84. The molecule has 0 saturated carbocycles. The van der Waals surface area contributed by atoms with Gasteiger partial charge >= 0.3 is 5.69 Å². The molecule has 0 aliphatic heterocycles. The van der Waals surface area contributed by atoms with Crippen molar-refractivity contribution in [2.45, 2.75) is 17.9 Å². The van der Waals surface area contributed by atoms with E-state index >= 15 is 0 Å². The fraction of sp³-hybridized carbons (Fsp3) is 0.364. The summed E-state index contributed by atoms with van der Waals surface area (Å²) in [6.07, 6.45) is 1.09. The molecular formula is C11H15N5O4S. The lowest BCUT2D eigenvalue weighted by molar-refractivity contribution is 0.562. The summed E-state index contributed by atoms with van der Waals surface area (Å²) < 4.78 is 27.7. The molecule has 0 fully saturated rings. The fourth-order valence-electron chi connectivity index (χ4n) is 1.75. The highest BCUT2D eigenvalue weighted by Gasteiger charge is 2.19. The zero-order valence-corrected chi connectivity index (χ0v) is 12.3. The Hall–Kier alpha value is -2.04. The van der Waals surface area contributed by atoms with E-state index in [1.807, 2.05) is 0 Å². The molecule has 0 bridgehead atoms. The van der Waals surface area contributed by atoms with Gasteiger partial charge in [-0.2, -0.15) is 0 Å². The molecule has 114 valence electrons. The van der Waals surface area contributed by atoms with E-state index in [0.717, 1.165) is 10.8 Å². The summed E-state index contributed by atoms with van der Waals surface area (Å²) in [5, 5.41) is 0.0142. The molecular weight excluding hydrogens is 298 g/mol. The van der Waals surface area contributed by atoms with Crippen LogP contribution in [0.25, 0.3) is 11.0 Å². The van der Waals surface area contributed by atoms with Crippen LogP contribution in [0.2, 0.25) is 0 Å². The molecule has 0 radical (unpaired) electrons. The molecule has 0 amide bonds. The van der Waals surface area contributed by atoms with Crippen LogP contribution in [0.15, 0.2) is 26.7 Å². The highest BCUT2D eigenvalue weighted by Crippen LogP contribution is 2.12. The highest BCUT2D eigenvalue weighted by molar-refractivity contribution is 7.89. The van der Waals surface area contributed by atoms with Crippen molar-refractivity contribution >= 4 is 21.1 Å². The molecule has 4 N–H and O–H groups in total. The number of fused-ring (bicyclic) bond motifs is 1. The molecule has 0 saturated heterocycles. The third kappa shape index (κ3) is 2.86. The SMILES string of the molecule is C[C@@H](CN)NS(=O)(=O)c1cnc2c(c1)c(=O)[nH]c(=O)n2C. The topological polar surface area (TPSA) is 140 Å². The summed E-state index contributed by atoms with van der Waals surface area (Å²) in [5.74, 6) is 0. The molecule has 10 heteroatoms. The van der Waals surface area contributed by atoms with Gasteiger partial charge in [-0.1, -0.05) is 0 Å². The highest BCUT2D eigenvalue weighted by atomic mass is 32.2. The van der Waals surface area contributed by atoms with Crippen molar-refractivity contribution < 1.29 is 8.42 Å². The maximum Gasteiger partial charge on any atom is 0.329 e. The zero-order chi connectivity index (χ0) is 15.8. The minimum absolute atomic E-state index is 0.0142. The van der Waals surface area contributed by atoms with Gasteiger partial charge in [0.1, 0.15) is 10.5 Å². The average molecular weight is 313 g/mol. The molecule has 2 rings (SSSR count). The normalized spacial score (nSPS) is 13.5. The van der Waals surface area contributed by atoms with Crippen LogP contribution < -0.4 is 21.7 Å². The molecule has 21 heavy (non-hydrogen) atoms. The maximum absolute atomic E-state index is 12.1. The van der Waals surface area contributed by atoms with E-state index in [2.05, 4.69) is 14.7 Å². The van der Waals surface area contributed by atoms with Gasteiger partial charge < -0.3 is 5.73 Å². The second-order valence-corrected chi connectivity index (χ2v) is 6.33. The van der Waals surface area contributed by atoms with Crippen molar-refractivity contribution in [1.29, 1.82) is 0 Å². The number of sulfonamides is 1. The lowest BCUT2D eigenvalue weighted by Gasteiger charge is -2.12. The van der Waals surface area contributed by atoms with Gasteiger partial charge in [0.2, 0.25) is 10.0 Å². The Morgan fingerprint density at radius 1 is 1.48 bits per heavy atom. The van der Waals surface area contributed by atoms with E-state index < -0.39 is 27.3 Å². The lowest BCUT2D eigenvalue weighted by atomic mass is 10.3. The van der Waals surface area contributed by atoms with Gasteiger partial charge in [0.25, 0.3) is 5.56 Å². The van der Waals surface area contributed by atoms with Crippen molar-refractivity contribution in [1.82, 2.24) is 19.3 Å². The van der Waals surface area contributed by atoms with Gasteiger partial charge in [-0.25, -0.2) is 22.9 Å². The number of rotatable bonds is 4. The largest absolute Gasteiger partial charge is 0.329 e. The zero-order valence-electron chi connectivity index (χ0n) is 11.5. The molecule has 0 aliphatic rings. The number of aromatic amines is 1. The average Bonchev–Trinajstić information content (AvgIpc) is 2.43. The van der Waals surface area contributed by atoms with Gasteiger partial charge in [0.15, 0.2) is 0 Å². The Morgan fingerprint density at radius 3 is 2.76 bits per heavy atom. The van der Waals surface area contributed by atoms with Crippen molar-refractivity contribution in [2.75, 3.05) is 6.54 Å². The summed E-state index contributed by atoms with van der Waals surface area (Å²) in [6.45, 7) is 1.75. The van der Waals surface area contributed by atoms with Crippen LogP contribution >= 0.6 is 0 Å². The molecule has 0 unspecified atom stereocenters. The summed E-state index contributed by atoms with van der Waals surface area (Å²) in [6, 6.07) is 0.718. The molecule has 2 aromatic rings. The summed E-state index contributed by atoms with van der Waals surface area (Å²) in [7, 11) is -2.41. The number of hydrogen-bond donors (Lipinski definition) is 3. The third-order valence-electron chi connectivity index (χ3n) is 2.95. The number of hydrogen-bond acceptors (Lipinski definition) is 6. The predicted molar refractivity (Wildman–Crippen MR) is 76.4 cm³/mol. The Kier molecular flexibility index (Phi) is 3.94. The van der Waals surface area contributed by atoms with Gasteiger partial charge in [0, 0.05) is 25.8 Å². The van der Waals surface area contributed by atoms with E-state index in [9.17, 15) is 18.0 Å². The van der Waals surface area contributed by atoms with Crippen LogP contribution in [-0.4, -0.2) is 35.5 Å². The Balaban J connectivity index is 2.64. The number of aryl methyl sites for hydroxylation is 1. The molecule has 2 aromatic heterocycles. The Bertz CT molecular complexity index is 899. The van der Waals surface area contributed by atoms with E-state index in [4.69, 9.17) is 5.73 Å². The first-order valence-corrected chi connectivity index (χ1v) is 7.56. The molecule has 0 aliphatic carbocycles. The van der Waals surface area contributed by atoms with Crippen LogP contribution in [-0.2, 0) is 17.1 Å². The number of nitrogens with zero attached hydrogens (tertiary/aromatic N) is 2. The second kappa shape index (κ2) is 5.39. The van der Waals surface area contributed by atoms with Crippen molar-refractivity contribution in [3.63, 3.8) is 0 Å². The van der Waals surface area contributed by atoms with Gasteiger partial charge in [-0.15, -0.1) is 0 Å². The molecule has 0 spiro atoms. The number of H-pyrrole nitrogens is 1. The number of nitrogens with two attached hydrogens (primary N) is 1. The molecule has 9 nitrogen and oxygen atoms in total. The van der Waals surface area contributed by atoms with E-state index in [1.54, 1.807) is 6.92 Å². The molecule has 2 heterocycles. The van der Waals surface area contributed by atoms with Crippen LogP contribution in [0.3, 0.4) is 0 Å². The Labute approximate surface area is 119 Å². The quantitative estimate of drug-likeness (QED) is 0.611. The summed E-state index contributed by atoms with van der Waals surface area (Å²) in [4.78, 5) is 29.0. The number of nitrogens with one attached hydrogen (secondary N) is 2. The van der Waals surface area contributed by atoms with Crippen LogP contribution in [0.4, 0.5) is 0 Å². The third-order valence-corrected chi connectivity index (χ3v) is 4.51. The van der Waals surface area contributed by atoms with Crippen molar-refractivity contribution in [2.24, 2.45) is 12.8 Å². The first-order valence-electron chi connectivity index (χ1n) is 6.07. The maximum atomic E-state index is 12.1. The predicted octanol–water partition coefficient (Wildman–Crippen LogP) is -1.75. The van der Waals surface area contributed by atoms with Crippen LogP contribution in [0, 0.1) is 0 Å². The van der Waals surface area contributed by atoms with Crippen molar-refractivity contribution in [3.8, 4) is 0 Å². The van der Waals surface area contributed by atoms with Crippen LogP contribution in [0.1, 0.15) is 6.92 Å². The lowest BCUT2D eigenvalue weighted by Crippen LogP contribution is -2.38. The Morgan fingerprint density at radius 2 is 2.14 bits per heavy atom. The van der Waals surface area contributed by atoms with E-state index in [0.29, 0.717) is 0 Å². The van der Waals surface area contributed by atoms with E-state index in [1.165, 1.54) is 13.1 Å². The van der Waals surface area contributed by atoms with Gasteiger partial charge in [-0.3, -0.25) is 14.3 Å². The van der Waals surface area contributed by atoms with E-state index in [-0.39, 0.29) is 22.5 Å². The summed E-state index contributed by atoms with van der Waals surface area (Å²) in [5.41, 5.74) is 4.17. The molecule has 0 aromatic carbocycles. The first-order chi connectivity index (χ1) is 9.76.